The van der Waals surface area contributed by atoms with Gasteiger partial charge in [0.15, 0.2) is 5.16 Å². The summed E-state index contributed by atoms with van der Waals surface area (Å²) in [6.45, 7) is 2.13. The number of thiophene rings is 1. The van der Waals surface area contributed by atoms with Crippen LogP contribution in [0.5, 0.6) is 0 Å². The average molecular weight is 477 g/mol. The molecule has 0 saturated carbocycles. The fraction of sp³-hybridized carbons (Fsp3) is 0.308. The van der Waals surface area contributed by atoms with Crippen LogP contribution in [0.1, 0.15) is 40.5 Å². The molecule has 6 heteroatoms. The summed E-state index contributed by atoms with van der Waals surface area (Å²) in [6.07, 6.45) is 4.49. The van der Waals surface area contributed by atoms with E-state index in [2.05, 4.69) is 71.1 Å². The molecule has 1 aliphatic heterocycles. The molecule has 3 heterocycles. The zero-order chi connectivity index (χ0) is 21.7. The summed E-state index contributed by atoms with van der Waals surface area (Å²) in [6, 6.07) is 19.8. The number of fused-ring (bicyclic) bond motifs is 5. The SMILES string of the molecule is Cc1ccc(S[C@H]2CSc3nc(=O)c4c5c(sc4n3[C@H]2c2ccccc2)CCCC5)cc1. The fourth-order valence-corrected chi connectivity index (χ4v) is 8.88. The van der Waals surface area contributed by atoms with E-state index in [0.717, 1.165) is 34.0 Å². The number of aromatic nitrogens is 2. The molecule has 32 heavy (non-hydrogen) atoms. The van der Waals surface area contributed by atoms with E-state index < -0.39 is 0 Å². The smallest absolute Gasteiger partial charge is 0.282 e. The molecule has 0 bridgehead atoms. The lowest BCUT2D eigenvalue weighted by Crippen LogP contribution is -2.32. The largest absolute Gasteiger partial charge is 0.303 e. The van der Waals surface area contributed by atoms with Crippen molar-refractivity contribution >= 4 is 45.1 Å². The molecule has 4 aromatic rings. The standard InChI is InChI=1S/C26H24N2OS3/c1-16-11-13-18(14-12-16)31-21-15-30-26-27-24(29)22-19-9-5-6-10-20(19)32-25(22)28(26)23(21)17-7-3-2-4-8-17/h2-4,7-8,11-14,21,23H,5-6,9-10,15H2,1H3/t21-,23-/m0/s1. The van der Waals surface area contributed by atoms with Gasteiger partial charge in [0.2, 0.25) is 0 Å². The number of hydrogen-bond acceptors (Lipinski definition) is 5. The molecule has 0 unspecified atom stereocenters. The van der Waals surface area contributed by atoms with Crippen molar-refractivity contribution in [2.45, 2.75) is 54.0 Å². The van der Waals surface area contributed by atoms with Gasteiger partial charge >= 0.3 is 0 Å². The molecule has 0 saturated heterocycles. The van der Waals surface area contributed by atoms with E-state index in [-0.39, 0.29) is 11.6 Å². The first kappa shape index (κ1) is 20.6. The van der Waals surface area contributed by atoms with E-state index in [1.807, 2.05) is 23.1 Å². The van der Waals surface area contributed by atoms with Crippen molar-refractivity contribution < 1.29 is 0 Å². The van der Waals surface area contributed by atoms with Gasteiger partial charge in [0.25, 0.3) is 5.56 Å². The lowest BCUT2D eigenvalue weighted by Gasteiger charge is -2.35. The van der Waals surface area contributed by atoms with Crippen molar-refractivity contribution in [1.29, 1.82) is 0 Å². The van der Waals surface area contributed by atoms with Crippen LogP contribution in [0.25, 0.3) is 10.2 Å². The Hall–Kier alpha value is -2.02. The van der Waals surface area contributed by atoms with Gasteiger partial charge in [-0.15, -0.1) is 23.1 Å². The molecule has 1 aliphatic carbocycles. The molecule has 0 N–H and O–H groups in total. The summed E-state index contributed by atoms with van der Waals surface area (Å²) in [5, 5.41) is 2.11. The van der Waals surface area contributed by atoms with Crippen molar-refractivity contribution in [2.75, 3.05) is 5.75 Å². The van der Waals surface area contributed by atoms with E-state index in [0.29, 0.717) is 5.25 Å². The van der Waals surface area contributed by atoms with E-state index in [1.165, 1.54) is 39.3 Å². The van der Waals surface area contributed by atoms with Crippen LogP contribution < -0.4 is 5.56 Å². The van der Waals surface area contributed by atoms with Crippen molar-refractivity contribution in [3.8, 4) is 0 Å². The van der Waals surface area contributed by atoms with Crippen LogP contribution in [-0.4, -0.2) is 20.6 Å². The van der Waals surface area contributed by atoms with Gasteiger partial charge in [0.05, 0.1) is 11.4 Å². The minimum atomic E-state index is -0.0328. The Morgan fingerprint density at radius 2 is 1.81 bits per heavy atom. The first-order valence-corrected chi connectivity index (χ1v) is 13.8. The fourth-order valence-electron chi connectivity index (χ4n) is 4.89. The summed E-state index contributed by atoms with van der Waals surface area (Å²) in [4.78, 5) is 21.5. The lowest BCUT2D eigenvalue weighted by atomic mass is 9.97. The molecule has 0 radical (unpaired) electrons. The Bertz CT molecular complexity index is 1340. The summed E-state index contributed by atoms with van der Waals surface area (Å²) >= 11 is 5.51. The van der Waals surface area contributed by atoms with Gasteiger partial charge in [0, 0.05) is 20.8 Å². The Morgan fingerprint density at radius 1 is 1.03 bits per heavy atom. The number of rotatable bonds is 3. The Morgan fingerprint density at radius 3 is 2.62 bits per heavy atom. The molecule has 2 aliphatic rings. The van der Waals surface area contributed by atoms with E-state index >= 15 is 0 Å². The third-order valence-corrected chi connectivity index (χ3v) is 10.3. The Balaban J connectivity index is 1.54. The van der Waals surface area contributed by atoms with Crippen LogP contribution in [0, 0.1) is 6.92 Å². The van der Waals surface area contributed by atoms with Crippen molar-refractivity contribution in [3.05, 3.63) is 86.5 Å². The summed E-state index contributed by atoms with van der Waals surface area (Å²) in [5.74, 6) is 0.932. The second-order valence-electron chi connectivity index (χ2n) is 8.60. The van der Waals surface area contributed by atoms with Gasteiger partial charge < -0.3 is 4.57 Å². The van der Waals surface area contributed by atoms with Gasteiger partial charge in [-0.25, -0.2) is 0 Å². The molecule has 0 fully saturated rings. The van der Waals surface area contributed by atoms with Crippen molar-refractivity contribution in [1.82, 2.24) is 9.55 Å². The van der Waals surface area contributed by atoms with E-state index in [9.17, 15) is 4.79 Å². The van der Waals surface area contributed by atoms with Crippen LogP contribution in [0.3, 0.4) is 0 Å². The summed E-state index contributed by atoms with van der Waals surface area (Å²) in [7, 11) is 0. The van der Waals surface area contributed by atoms with E-state index in [1.54, 1.807) is 11.8 Å². The zero-order valence-electron chi connectivity index (χ0n) is 17.9. The van der Waals surface area contributed by atoms with Crippen LogP contribution in [0.15, 0.2) is 69.4 Å². The highest BCUT2D eigenvalue weighted by Gasteiger charge is 2.35. The van der Waals surface area contributed by atoms with Crippen LogP contribution in [-0.2, 0) is 12.8 Å². The monoisotopic (exact) mass is 476 g/mol. The molecular formula is C26H24N2OS3. The lowest BCUT2D eigenvalue weighted by molar-refractivity contribution is 0.526. The highest BCUT2D eigenvalue weighted by molar-refractivity contribution is 8.03. The molecule has 0 spiro atoms. The maximum atomic E-state index is 13.1. The average Bonchev–Trinajstić information content (AvgIpc) is 3.22. The molecule has 0 amide bonds. The zero-order valence-corrected chi connectivity index (χ0v) is 20.4. The van der Waals surface area contributed by atoms with Gasteiger partial charge in [-0.3, -0.25) is 4.79 Å². The highest BCUT2D eigenvalue weighted by Crippen LogP contribution is 2.46. The molecule has 2 aromatic carbocycles. The first-order valence-electron chi connectivity index (χ1n) is 11.2. The predicted molar refractivity (Wildman–Crippen MR) is 137 cm³/mol. The maximum absolute atomic E-state index is 13.1. The number of aryl methyl sites for hydroxylation is 3. The summed E-state index contributed by atoms with van der Waals surface area (Å²) < 4.78 is 2.40. The Kier molecular flexibility index (Phi) is 5.40. The van der Waals surface area contributed by atoms with Crippen LogP contribution >= 0.6 is 34.9 Å². The minimum Gasteiger partial charge on any atom is -0.303 e. The predicted octanol–water partition coefficient (Wildman–Crippen LogP) is 6.50. The van der Waals surface area contributed by atoms with Crippen LogP contribution in [0.2, 0.25) is 0 Å². The topological polar surface area (TPSA) is 34.9 Å². The quantitative estimate of drug-likeness (QED) is 0.316. The first-order chi connectivity index (χ1) is 15.7. The third-order valence-electron chi connectivity index (χ3n) is 6.45. The Labute approximate surface area is 200 Å². The molecular weight excluding hydrogens is 453 g/mol. The summed E-state index contributed by atoms with van der Waals surface area (Å²) in [5.41, 5.74) is 3.81. The molecule has 6 rings (SSSR count). The van der Waals surface area contributed by atoms with Crippen LogP contribution in [0.4, 0.5) is 0 Å². The van der Waals surface area contributed by atoms with Gasteiger partial charge in [-0.2, -0.15) is 4.98 Å². The minimum absolute atomic E-state index is 0.0328. The number of thioether (sulfide) groups is 2. The van der Waals surface area contributed by atoms with E-state index in [4.69, 9.17) is 0 Å². The van der Waals surface area contributed by atoms with Crippen molar-refractivity contribution in [3.63, 3.8) is 0 Å². The van der Waals surface area contributed by atoms with Crippen molar-refractivity contribution in [2.24, 2.45) is 0 Å². The number of nitrogens with zero attached hydrogens (tertiary/aromatic N) is 2. The highest BCUT2D eigenvalue weighted by atomic mass is 32.2. The second-order valence-corrected chi connectivity index (χ2v) is 12.0. The maximum Gasteiger partial charge on any atom is 0.282 e. The number of hydrogen-bond donors (Lipinski definition) is 0. The number of benzene rings is 2. The van der Waals surface area contributed by atoms with Gasteiger partial charge in [0.1, 0.15) is 4.83 Å². The van der Waals surface area contributed by atoms with Gasteiger partial charge in [-0.1, -0.05) is 59.8 Å². The normalized spacial score (nSPS) is 20.2. The molecule has 2 aromatic heterocycles. The molecule has 2 atom stereocenters. The van der Waals surface area contributed by atoms with Gasteiger partial charge in [-0.05, 0) is 55.9 Å². The third kappa shape index (κ3) is 3.53. The molecule has 162 valence electrons. The molecule has 3 nitrogen and oxygen atoms in total. The second kappa shape index (κ2) is 8.40.